The number of ether oxygens (including phenoxy) is 1. The summed E-state index contributed by atoms with van der Waals surface area (Å²) in [5.74, 6) is -0.517. The Morgan fingerprint density at radius 2 is 2.08 bits per heavy atom. The Kier molecular flexibility index (Phi) is 6.78. The monoisotopic (exact) mass is 354 g/mol. The zero-order valence-corrected chi connectivity index (χ0v) is 15.1. The van der Waals surface area contributed by atoms with Crippen LogP contribution in [0.2, 0.25) is 0 Å². The van der Waals surface area contributed by atoms with Gasteiger partial charge in [0.25, 0.3) is 0 Å². The fourth-order valence-electron chi connectivity index (χ4n) is 4.27. The van der Waals surface area contributed by atoms with E-state index in [4.69, 9.17) is 10.5 Å². The molecular weight excluding hydrogens is 324 g/mol. The van der Waals surface area contributed by atoms with Gasteiger partial charge in [0.1, 0.15) is 12.3 Å². The van der Waals surface area contributed by atoms with Crippen molar-refractivity contribution in [3.05, 3.63) is 0 Å². The molecule has 142 valence electrons. The molecule has 3 unspecified atom stereocenters. The van der Waals surface area contributed by atoms with Crippen LogP contribution >= 0.6 is 0 Å². The average Bonchev–Trinajstić information content (AvgIpc) is 3.12. The molecule has 1 saturated carbocycles. The molecule has 0 aromatic carbocycles. The molecular formula is C17H30N4O4. The topological polar surface area (TPSA) is 114 Å². The van der Waals surface area contributed by atoms with E-state index in [1.807, 2.05) is 6.92 Å². The zero-order chi connectivity index (χ0) is 18.4. The highest BCUT2D eigenvalue weighted by Gasteiger charge is 2.55. The van der Waals surface area contributed by atoms with Crippen molar-refractivity contribution in [2.45, 2.75) is 63.8 Å². The standard InChI is InChI=1S/C17H30N4O4/c1-12(20-13(23)10-19-2)5-8-25-14-9-17(6-3-4-7-17)15(16(18)24)21(14)11-22/h11-12,14-15,19H,3-10H2,1-2H3,(H2,18,24)(H,20,23). The smallest absolute Gasteiger partial charge is 0.240 e. The van der Waals surface area contributed by atoms with Crippen LogP contribution in [0.4, 0.5) is 0 Å². The van der Waals surface area contributed by atoms with Crippen LogP contribution < -0.4 is 16.4 Å². The molecule has 3 atom stereocenters. The molecule has 4 N–H and O–H groups in total. The number of carbonyl (C=O) groups is 3. The van der Waals surface area contributed by atoms with Gasteiger partial charge in [-0.3, -0.25) is 14.4 Å². The third-order valence-corrected chi connectivity index (χ3v) is 5.39. The van der Waals surface area contributed by atoms with Crippen LogP contribution in [0.1, 0.15) is 45.4 Å². The fourth-order valence-corrected chi connectivity index (χ4v) is 4.27. The molecule has 8 nitrogen and oxygen atoms in total. The molecule has 0 bridgehead atoms. The molecule has 2 aliphatic rings. The first kappa shape index (κ1) is 19.7. The zero-order valence-electron chi connectivity index (χ0n) is 15.1. The summed E-state index contributed by atoms with van der Waals surface area (Å²) in [7, 11) is 1.72. The van der Waals surface area contributed by atoms with Crippen LogP contribution in [0, 0.1) is 5.41 Å². The molecule has 1 aliphatic heterocycles. The summed E-state index contributed by atoms with van der Waals surface area (Å²) in [4.78, 5) is 36.5. The number of likely N-dealkylation sites (tertiary alicyclic amines) is 1. The highest BCUT2D eigenvalue weighted by molar-refractivity contribution is 5.83. The van der Waals surface area contributed by atoms with E-state index in [1.54, 1.807) is 7.05 Å². The SMILES string of the molecule is CNCC(=O)NC(C)CCOC1CC2(CCCC2)C(C(N)=O)N1C=O. The minimum Gasteiger partial charge on any atom is -0.368 e. The van der Waals surface area contributed by atoms with Gasteiger partial charge in [-0.25, -0.2) is 0 Å². The van der Waals surface area contributed by atoms with E-state index < -0.39 is 18.2 Å². The van der Waals surface area contributed by atoms with Crippen LogP contribution in [-0.4, -0.2) is 61.6 Å². The van der Waals surface area contributed by atoms with Gasteiger partial charge in [0, 0.05) is 17.9 Å². The van der Waals surface area contributed by atoms with Crippen molar-refractivity contribution in [3.8, 4) is 0 Å². The van der Waals surface area contributed by atoms with E-state index in [0.29, 0.717) is 25.9 Å². The molecule has 3 amide bonds. The number of rotatable bonds is 9. The van der Waals surface area contributed by atoms with Crippen LogP contribution in [0.5, 0.6) is 0 Å². The second kappa shape index (κ2) is 8.62. The highest BCUT2D eigenvalue weighted by Crippen LogP contribution is 2.51. The number of primary amides is 1. The van der Waals surface area contributed by atoms with Crippen molar-refractivity contribution >= 4 is 18.2 Å². The van der Waals surface area contributed by atoms with E-state index in [9.17, 15) is 14.4 Å². The molecule has 1 spiro atoms. The number of amides is 3. The number of hydrogen-bond acceptors (Lipinski definition) is 5. The molecule has 1 saturated heterocycles. The predicted molar refractivity (Wildman–Crippen MR) is 92.3 cm³/mol. The number of hydrogen-bond donors (Lipinski definition) is 3. The lowest BCUT2D eigenvalue weighted by molar-refractivity contribution is -0.140. The minimum absolute atomic E-state index is 0.0284. The lowest BCUT2D eigenvalue weighted by Crippen LogP contribution is -2.49. The maximum Gasteiger partial charge on any atom is 0.240 e. The van der Waals surface area contributed by atoms with Crippen LogP contribution in [0.3, 0.4) is 0 Å². The Balaban J connectivity index is 1.90. The van der Waals surface area contributed by atoms with Gasteiger partial charge in [0.2, 0.25) is 18.2 Å². The van der Waals surface area contributed by atoms with Crippen molar-refractivity contribution < 1.29 is 19.1 Å². The van der Waals surface area contributed by atoms with Gasteiger partial charge in [0.15, 0.2) is 0 Å². The third-order valence-electron chi connectivity index (χ3n) is 5.39. The molecule has 8 heteroatoms. The molecule has 1 aliphatic carbocycles. The van der Waals surface area contributed by atoms with E-state index in [2.05, 4.69) is 10.6 Å². The fraction of sp³-hybridized carbons (Fsp3) is 0.824. The van der Waals surface area contributed by atoms with E-state index in [0.717, 1.165) is 25.7 Å². The Bertz CT molecular complexity index is 493. The normalized spacial score (nSPS) is 25.9. The van der Waals surface area contributed by atoms with Gasteiger partial charge in [-0.05, 0) is 33.2 Å². The minimum atomic E-state index is -0.578. The Morgan fingerprint density at radius 3 is 2.64 bits per heavy atom. The van der Waals surface area contributed by atoms with Crippen molar-refractivity contribution in [1.82, 2.24) is 15.5 Å². The summed E-state index contributed by atoms with van der Waals surface area (Å²) in [5.41, 5.74) is 5.36. The highest BCUT2D eigenvalue weighted by atomic mass is 16.5. The summed E-state index contributed by atoms with van der Waals surface area (Å²) < 4.78 is 5.91. The first-order valence-corrected chi connectivity index (χ1v) is 9.01. The van der Waals surface area contributed by atoms with E-state index >= 15 is 0 Å². The summed E-state index contributed by atoms with van der Waals surface area (Å²) in [6, 6.07) is -0.607. The third kappa shape index (κ3) is 4.49. The second-order valence-corrected chi connectivity index (χ2v) is 7.24. The number of carbonyl (C=O) groups excluding carboxylic acids is 3. The molecule has 2 rings (SSSR count). The molecule has 0 radical (unpaired) electrons. The molecule has 2 fully saturated rings. The van der Waals surface area contributed by atoms with Crippen LogP contribution in [-0.2, 0) is 19.1 Å². The molecule has 0 aromatic rings. The predicted octanol–water partition coefficient (Wildman–Crippen LogP) is -0.280. The summed E-state index contributed by atoms with van der Waals surface area (Å²) >= 11 is 0. The van der Waals surface area contributed by atoms with Gasteiger partial charge in [-0.15, -0.1) is 0 Å². The molecule has 0 aromatic heterocycles. The van der Waals surface area contributed by atoms with Crippen molar-refractivity contribution in [2.24, 2.45) is 11.1 Å². The Morgan fingerprint density at radius 1 is 1.40 bits per heavy atom. The summed E-state index contributed by atoms with van der Waals surface area (Å²) in [6.07, 6.45) is 5.46. The first-order valence-electron chi connectivity index (χ1n) is 9.01. The second-order valence-electron chi connectivity index (χ2n) is 7.24. The molecule has 1 heterocycles. The Hall–Kier alpha value is -1.67. The van der Waals surface area contributed by atoms with Crippen molar-refractivity contribution in [3.63, 3.8) is 0 Å². The van der Waals surface area contributed by atoms with Gasteiger partial charge in [-0.2, -0.15) is 0 Å². The Labute approximate surface area is 148 Å². The summed E-state index contributed by atoms with van der Waals surface area (Å²) in [6.45, 7) is 2.58. The van der Waals surface area contributed by atoms with Gasteiger partial charge >= 0.3 is 0 Å². The van der Waals surface area contributed by atoms with Gasteiger partial charge in [-0.1, -0.05) is 12.8 Å². The average molecular weight is 354 g/mol. The number of nitrogens with one attached hydrogen (secondary N) is 2. The van der Waals surface area contributed by atoms with Crippen LogP contribution in [0.25, 0.3) is 0 Å². The molecule has 25 heavy (non-hydrogen) atoms. The van der Waals surface area contributed by atoms with E-state index in [1.165, 1.54) is 4.90 Å². The quantitative estimate of drug-likeness (QED) is 0.493. The summed E-state index contributed by atoms with van der Waals surface area (Å²) in [5, 5.41) is 5.67. The number of likely N-dealkylation sites (N-methyl/N-ethyl adjacent to an activating group) is 1. The number of nitrogens with zero attached hydrogens (tertiary/aromatic N) is 1. The largest absolute Gasteiger partial charge is 0.368 e. The van der Waals surface area contributed by atoms with Gasteiger partial charge < -0.3 is 26.0 Å². The van der Waals surface area contributed by atoms with Crippen LogP contribution in [0.15, 0.2) is 0 Å². The van der Waals surface area contributed by atoms with E-state index in [-0.39, 0.29) is 23.9 Å². The first-order chi connectivity index (χ1) is 11.9. The lowest BCUT2D eigenvalue weighted by atomic mass is 9.78. The maximum absolute atomic E-state index is 12.0. The van der Waals surface area contributed by atoms with Crippen molar-refractivity contribution in [1.29, 1.82) is 0 Å². The van der Waals surface area contributed by atoms with Crippen molar-refractivity contribution in [2.75, 3.05) is 20.2 Å². The lowest BCUT2D eigenvalue weighted by Gasteiger charge is -2.30. The number of nitrogens with two attached hydrogens (primary N) is 1. The maximum atomic E-state index is 12.0. The van der Waals surface area contributed by atoms with Gasteiger partial charge in [0.05, 0.1) is 13.2 Å².